The molecule has 2 atom stereocenters. The van der Waals surface area contributed by atoms with Crippen molar-refractivity contribution in [2.24, 2.45) is 0 Å². The molecule has 3 rings (SSSR count). The van der Waals surface area contributed by atoms with Crippen LogP contribution in [0.5, 0.6) is 0 Å². The Morgan fingerprint density at radius 1 is 1.21 bits per heavy atom. The summed E-state index contributed by atoms with van der Waals surface area (Å²) in [4.78, 5) is 36.4. The van der Waals surface area contributed by atoms with E-state index in [1.807, 2.05) is 13.1 Å². The number of piperidine rings is 1. The van der Waals surface area contributed by atoms with Gasteiger partial charge in [0.05, 0.1) is 5.56 Å². The van der Waals surface area contributed by atoms with Crippen molar-refractivity contribution in [2.45, 2.75) is 38.3 Å². The van der Waals surface area contributed by atoms with Crippen LogP contribution in [0.4, 0.5) is 5.69 Å². The molecular weight excluding hydrogens is 376 g/mol. The van der Waals surface area contributed by atoms with E-state index in [0.29, 0.717) is 30.9 Å². The molecule has 9 nitrogen and oxygen atoms in total. The molecular formula is C20H28N4O5. The SMILES string of the molecule is CNCCCOCCCNc1cccc2c1C[N+]([O-])(C1CCC(=O)NC1=O)C2=O. The van der Waals surface area contributed by atoms with Crippen molar-refractivity contribution in [1.29, 1.82) is 0 Å². The molecule has 1 saturated heterocycles. The van der Waals surface area contributed by atoms with Gasteiger partial charge in [-0.15, -0.1) is 0 Å². The van der Waals surface area contributed by atoms with E-state index in [-0.39, 0.29) is 19.4 Å². The minimum atomic E-state index is -1.26. The third-order valence-electron chi connectivity index (χ3n) is 5.35. The van der Waals surface area contributed by atoms with Crippen LogP contribution < -0.4 is 16.0 Å². The molecule has 1 aromatic carbocycles. The van der Waals surface area contributed by atoms with Crippen LogP contribution in [-0.2, 0) is 20.9 Å². The van der Waals surface area contributed by atoms with Crippen LogP contribution >= 0.6 is 0 Å². The first-order valence-electron chi connectivity index (χ1n) is 10.0. The Labute approximate surface area is 169 Å². The first-order chi connectivity index (χ1) is 14.0. The Bertz CT molecular complexity index is 784. The lowest BCUT2D eigenvalue weighted by Crippen LogP contribution is -2.60. The van der Waals surface area contributed by atoms with E-state index in [9.17, 15) is 19.6 Å². The number of amides is 3. The Balaban J connectivity index is 1.60. The highest BCUT2D eigenvalue weighted by Gasteiger charge is 2.49. The quantitative estimate of drug-likeness (QED) is 0.229. The molecule has 2 aliphatic heterocycles. The van der Waals surface area contributed by atoms with Gasteiger partial charge in [0.15, 0.2) is 6.04 Å². The highest BCUT2D eigenvalue weighted by Crippen LogP contribution is 2.37. The third-order valence-corrected chi connectivity index (χ3v) is 5.35. The van der Waals surface area contributed by atoms with Crippen molar-refractivity contribution in [1.82, 2.24) is 10.6 Å². The minimum Gasteiger partial charge on any atom is -0.624 e. The number of ether oxygens (including phenoxy) is 1. The van der Waals surface area contributed by atoms with Crippen LogP contribution in [0.15, 0.2) is 18.2 Å². The summed E-state index contributed by atoms with van der Waals surface area (Å²) in [6, 6.07) is 4.09. The Morgan fingerprint density at radius 3 is 2.69 bits per heavy atom. The average molecular weight is 404 g/mol. The number of carbonyl (C=O) groups is 3. The second-order valence-electron chi connectivity index (χ2n) is 7.41. The molecule has 0 aromatic heterocycles. The van der Waals surface area contributed by atoms with Crippen LogP contribution in [-0.4, -0.2) is 61.8 Å². The Hall–Kier alpha value is -2.33. The minimum absolute atomic E-state index is 0.0711. The number of nitrogens with one attached hydrogen (secondary N) is 3. The summed E-state index contributed by atoms with van der Waals surface area (Å²) < 4.78 is 4.29. The van der Waals surface area contributed by atoms with Crippen molar-refractivity contribution in [3.63, 3.8) is 0 Å². The van der Waals surface area contributed by atoms with Gasteiger partial charge in [0.1, 0.15) is 6.54 Å². The molecule has 1 aromatic rings. The lowest BCUT2D eigenvalue weighted by Gasteiger charge is -2.42. The number of quaternary nitrogens is 1. The molecule has 1 fully saturated rings. The zero-order chi connectivity index (χ0) is 20.9. The number of fused-ring (bicyclic) bond motifs is 1. The van der Waals surface area contributed by atoms with E-state index in [0.717, 1.165) is 25.1 Å². The number of hydroxylamine groups is 3. The van der Waals surface area contributed by atoms with Crippen LogP contribution in [0.3, 0.4) is 0 Å². The summed E-state index contributed by atoms with van der Waals surface area (Å²) in [5.41, 5.74) is 1.71. The van der Waals surface area contributed by atoms with Crippen LogP contribution in [0.1, 0.15) is 41.6 Å². The molecule has 0 radical (unpaired) electrons. The first-order valence-corrected chi connectivity index (χ1v) is 10.0. The number of anilines is 1. The lowest BCUT2D eigenvalue weighted by molar-refractivity contribution is -0.825. The smallest absolute Gasteiger partial charge is 0.347 e. The maximum atomic E-state index is 13.4. The van der Waals surface area contributed by atoms with Gasteiger partial charge in [0.2, 0.25) is 5.91 Å². The van der Waals surface area contributed by atoms with E-state index in [2.05, 4.69) is 16.0 Å². The zero-order valence-corrected chi connectivity index (χ0v) is 16.7. The monoisotopic (exact) mass is 404 g/mol. The van der Waals surface area contributed by atoms with Gasteiger partial charge in [-0.3, -0.25) is 19.6 Å². The Kier molecular flexibility index (Phi) is 6.96. The van der Waals surface area contributed by atoms with Gasteiger partial charge in [-0.05, 0) is 38.6 Å². The molecule has 3 amide bonds. The van der Waals surface area contributed by atoms with Gasteiger partial charge in [-0.2, -0.15) is 0 Å². The number of hydrogen-bond acceptors (Lipinski definition) is 7. The maximum Gasteiger partial charge on any atom is 0.347 e. The molecule has 0 aliphatic carbocycles. The van der Waals surface area contributed by atoms with E-state index in [1.165, 1.54) is 0 Å². The van der Waals surface area contributed by atoms with Crippen LogP contribution in [0.2, 0.25) is 0 Å². The van der Waals surface area contributed by atoms with Gasteiger partial charge in [-0.1, -0.05) is 6.07 Å². The molecule has 2 unspecified atom stereocenters. The summed E-state index contributed by atoms with van der Waals surface area (Å²) in [5.74, 6) is -1.69. The highest BCUT2D eigenvalue weighted by atomic mass is 16.6. The summed E-state index contributed by atoms with van der Waals surface area (Å²) in [7, 11) is 1.91. The highest BCUT2D eigenvalue weighted by molar-refractivity contribution is 6.02. The maximum absolute atomic E-state index is 13.4. The van der Waals surface area contributed by atoms with E-state index >= 15 is 0 Å². The topological polar surface area (TPSA) is 120 Å². The predicted octanol–water partition coefficient (Wildman–Crippen LogP) is 0.888. The molecule has 158 valence electrons. The van der Waals surface area contributed by atoms with Crippen molar-refractivity contribution in [3.8, 4) is 0 Å². The van der Waals surface area contributed by atoms with Crippen molar-refractivity contribution >= 4 is 23.4 Å². The van der Waals surface area contributed by atoms with Crippen molar-refractivity contribution in [2.75, 3.05) is 38.7 Å². The number of benzene rings is 1. The molecule has 2 aliphatic rings. The summed E-state index contributed by atoms with van der Waals surface area (Å²) in [6.07, 6.45) is 1.91. The fraction of sp³-hybridized carbons (Fsp3) is 0.550. The normalized spacial score (nSPS) is 23.8. The molecule has 0 saturated carbocycles. The summed E-state index contributed by atoms with van der Waals surface area (Å²) >= 11 is 0. The molecule has 0 bridgehead atoms. The fourth-order valence-electron chi connectivity index (χ4n) is 3.82. The van der Waals surface area contributed by atoms with Crippen LogP contribution in [0.25, 0.3) is 0 Å². The fourth-order valence-corrected chi connectivity index (χ4v) is 3.82. The number of rotatable bonds is 10. The van der Waals surface area contributed by atoms with Crippen LogP contribution in [0, 0.1) is 5.21 Å². The summed E-state index contributed by atoms with van der Waals surface area (Å²) in [6.45, 7) is 2.80. The number of hydrogen-bond donors (Lipinski definition) is 3. The van der Waals surface area contributed by atoms with Crippen molar-refractivity contribution in [3.05, 3.63) is 34.5 Å². The molecule has 2 heterocycles. The predicted molar refractivity (Wildman–Crippen MR) is 107 cm³/mol. The number of imide groups is 1. The first kappa shape index (κ1) is 21.4. The zero-order valence-electron chi connectivity index (χ0n) is 16.7. The van der Waals surface area contributed by atoms with Gasteiger partial charge < -0.3 is 20.6 Å². The van der Waals surface area contributed by atoms with Gasteiger partial charge in [0.25, 0.3) is 5.91 Å². The van der Waals surface area contributed by atoms with Gasteiger partial charge in [-0.25, -0.2) is 4.79 Å². The van der Waals surface area contributed by atoms with E-state index in [4.69, 9.17) is 4.74 Å². The van der Waals surface area contributed by atoms with E-state index < -0.39 is 28.4 Å². The molecule has 9 heteroatoms. The number of nitrogens with zero attached hydrogens (tertiary/aromatic N) is 1. The Morgan fingerprint density at radius 2 is 1.97 bits per heavy atom. The number of carbonyl (C=O) groups excluding carboxylic acids is 3. The molecule has 3 N–H and O–H groups in total. The van der Waals surface area contributed by atoms with Gasteiger partial charge in [0, 0.05) is 43.9 Å². The van der Waals surface area contributed by atoms with Gasteiger partial charge >= 0.3 is 5.91 Å². The van der Waals surface area contributed by atoms with Crippen molar-refractivity contribution < 1.29 is 23.8 Å². The summed E-state index contributed by atoms with van der Waals surface area (Å²) in [5, 5.41) is 21.9. The molecule has 0 spiro atoms. The largest absolute Gasteiger partial charge is 0.624 e. The molecule has 29 heavy (non-hydrogen) atoms. The second-order valence-corrected chi connectivity index (χ2v) is 7.41. The standard InChI is InChI=1S/C20H28N4O5/c1-21-9-3-11-29-12-4-10-22-16-6-2-5-14-15(16)13-24(28,20(14)27)17-7-8-18(25)23-19(17)26/h2,5-6,17,21-22H,3-4,7-13H2,1H3,(H,23,25,26). The second kappa shape index (κ2) is 9.45. The van der Waals surface area contributed by atoms with E-state index in [1.54, 1.807) is 12.1 Å². The lowest BCUT2D eigenvalue weighted by atomic mass is 10.0. The third kappa shape index (κ3) is 4.64. The average Bonchev–Trinajstić information content (AvgIpc) is 2.96.